The Hall–Kier alpha value is -2.56. The van der Waals surface area contributed by atoms with Gasteiger partial charge in [0.05, 0.1) is 13.7 Å². The van der Waals surface area contributed by atoms with Crippen LogP contribution in [0.3, 0.4) is 0 Å². The van der Waals surface area contributed by atoms with Crippen LogP contribution in [0, 0.1) is 5.82 Å². The number of carbonyl (C=O) groups excluding carboxylic acids is 1. The minimum atomic E-state index is -0.682. The fraction of sp³-hybridized carbons (Fsp3) is 0.235. The quantitative estimate of drug-likeness (QED) is 0.601. The van der Waals surface area contributed by atoms with Gasteiger partial charge < -0.3 is 14.2 Å². The Morgan fingerprint density at radius 1 is 1.09 bits per heavy atom. The topological polar surface area (TPSA) is 44.8 Å². The van der Waals surface area contributed by atoms with Crippen molar-refractivity contribution in [2.75, 3.05) is 13.7 Å². The van der Waals surface area contributed by atoms with Gasteiger partial charge in [-0.05, 0) is 48.9 Å². The van der Waals surface area contributed by atoms with E-state index in [1.807, 2.05) is 6.92 Å². The van der Waals surface area contributed by atoms with E-state index in [0.717, 1.165) is 12.5 Å². The molecule has 0 aliphatic heterocycles. The smallest absolute Gasteiger partial charge is 0.347 e. The van der Waals surface area contributed by atoms with Crippen LogP contribution in [0.25, 0.3) is 0 Å². The Morgan fingerprint density at radius 2 is 1.77 bits per heavy atom. The molecule has 0 fully saturated rings. The Kier molecular flexibility index (Phi) is 5.36. The van der Waals surface area contributed by atoms with Crippen molar-refractivity contribution in [1.29, 1.82) is 0 Å². The average molecular weight is 304 g/mol. The number of hydrogen-bond donors (Lipinski definition) is 0. The van der Waals surface area contributed by atoms with Gasteiger partial charge in [0, 0.05) is 0 Å². The molecule has 2 rings (SSSR count). The highest BCUT2D eigenvalue weighted by molar-refractivity contribution is 5.94. The maximum Gasteiger partial charge on any atom is 0.347 e. The summed E-state index contributed by atoms with van der Waals surface area (Å²) in [7, 11) is 1.41. The maximum absolute atomic E-state index is 13.3. The molecule has 2 aromatic rings. The van der Waals surface area contributed by atoms with Gasteiger partial charge in [0.2, 0.25) is 0 Å². The zero-order valence-electron chi connectivity index (χ0n) is 12.5. The molecule has 0 aliphatic carbocycles. The first-order valence-electron chi connectivity index (χ1n) is 6.92. The van der Waals surface area contributed by atoms with Gasteiger partial charge in [0.1, 0.15) is 28.6 Å². The van der Waals surface area contributed by atoms with E-state index in [1.165, 1.54) is 19.2 Å². The normalized spacial score (nSPS) is 10.1. The number of rotatable bonds is 6. The lowest BCUT2D eigenvalue weighted by Gasteiger charge is -2.09. The molecule has 0 aromatic heterocycles. The number of esters is 1. The van der Waals surface area contributed by atoms with Gasteiger partial charge in [-0.3, -0.25) is 0 Å². The highest BCUT2D eigenvalue weighted by atomic mass is 19.1. The predicted octanol–water partition coefficient (Wildman–Crippen LogP) is 3.84. The van der Waals surface area contributed by atoms with Gasteiger partial charge in [-0.25, -0.2) is 9.18 Å². The van der Waals surface area contributed by atoms with Gasteiger partial charge in [0.15, 0.2) is 0 Å². The Morgan fingerprint density at radius 3 is 2.41 bits per heavy atom. The van der Waals surface area contributed by atoms with E-state index in [4.69, 9.17) is 14.2 Å². The highest BCUT2D eigenvalue weighted by Crippen LogP contribution is 2.23. The number of ether oxygens (including phenoxy) is 3. The van der Waals surface area contributed by atoms with Crippen LogP contribution in [0.1, 0.15) is 23.7 Å². The van der Waals surface area contributed by atoms with Crippen LogP contribution in [0.5, 0.6) is 17.2 Å². The van der Waals surface area contributed by atoms with Gasteiger partial charge >= 0.3 is 5.97 Å². The minimum absolute atomic E-state index is 0.0359. The lowest BCUT2D eigenvalue weighted by molar-refractivity contribution is 0.0730. The van der Waals surface area contributed by atoms with Crippen molar-refractivity contribution >= 4 is 5.97 Å². The van der Waals surface area contributed by atoms with Crippen molar-refractivity contribution < 1.29 is 23.4 Å². The molecular weight excluding hydrogens is 287 g/mol. The molecule has 0 bridgehead atoms. The number of benzene rings is 2. The van der Waals surface area contributed by atoms with Crippen molar-refractivity contribution in [3.8, 4) is 17.2 Å². The molecule has 5 heteroatoms. The van der Waals surface area contributed by atoms with E-state index in [2.05, 4.69) is 0 Å². The molecule has 0 saturated carbocycles. The van der Waals surface area contributed by atoms with Crippen LogP contribution in [0.15, 0.2) is 42.5 Å². The average Bonchev–Trinajstić information content (AvgIpc) is 2.54. The molecule has 0 saturated heterocycles. The summed E-state index contributed by atoms with van der Waals surface area (Å²) in [6, 6.07) is 10.3. The zero-order valence-corrected chi connectivity index (χ0v) is 12.5. The molecule has 0 heterocycles. The van der Waals surface area contributed by atoms with Gasteiger partial charge in [-0.1, -0.05) is 6.92 Å². The Balaban J connectivity index is 2.10. The zero-order chi connectivity index (χ0) is 15.9. The van der Waals surface area contributed by atoms with Crippen LogP contribution in [0.2, 0.25) is 0 Å². The van der Waals surface area contributed by atoms with Crippen LogP contribution in [-0.4, -0.2) is 19.7 Å². The van der Waals surface area contributed by atoms with Gasteiger partial charge in [0.25, 0.3) is 0 Å². The molecule has 0 radical (unpaired) electrons. The van der Waals surface area contributed by atoms with E-state index in [9.17, 15) is 9.18 Å². The summed E-state index contributed by atoms with van der Waals surface area (Å²) in [6.45, 7) is 2.64. The number of methoxy groups -OCH3 is 1. The number of halogens is 1. The summed E-state index contributed by atoms with van der Waals surface area (Å²) in [5.74, 6) is 0.0917. The van der Waals surface area contributed by atoms with Gasteiger partial charge in [-0.15, -0.1) is 0 Å². The second kappa shape index (κ2) is 7.45. The standard InChI is InChI=1S/C17H17FO4/c1-3-10-21-13-5-7-14(8-6-13)22-17(19)15-11-12(18)4-9-16(15)20-2/h4-9,11H,3,10H2,1-2H3. The van der Waals surface area contributed by atoms with Crippen LogP contribution < -0.4 is 14.2 Å². The van der Waals surface area contributed by atoms with Crippen LogP contribution in [-0.2, 0) is 0 Å². The third-order valence-corrected chi connectivity index (χ3v) is 2.89. The molecule has 0 spiro atoms. The SMILES string of the molecule is CCCOc1ccc(OC(=O)c2cc(F)ccc2OC)cc1. The fourth-order valence-corrected chi connectivity index (χ4v) is 1.83. The minimum Gasteiger partial charge on any atom is -0.496 e. The lowest BCUT2D eigenvalue weighted by atomic mass is 10.2. The van der Waals surface area contributed by atoms with E-state index in [-0.39, 0.29) is 11.3 Å². The molecule has 0 aliphatic rings. The largest absolute Gasteiger partial charge is 0.496 e. The van der Waals surface area contributed by atoms with Crippen molar-refractivity contribution in [3.63, 3.8) is 0 Å². The second-order valence-electron chi connectivity index (χ2n) is 4.55. The van der Waals surface area contributed by atoms with Crippen LogP contribution in [0.4, 0.5) is 4.39 Å². The van der Waals surface area contributed by atoms with Crippen LogP contribution >= 0.6 is 0 Å². The van der Waals surface area contributed by atoms with Crippen molar-refractivity contribution in [2.24, 2.45) is 0 Å². The molecule has 0 N–H and O–H groups in total. The third-order valence-electron chi connectivity index (χ3n) is 2.89. The fourth-order valence-electron chi connectivity index (χ4n) is 1.83. The predicted molar refractivity (Wildman–Crippen MR) is 80.1 cm³/mol. The lowest BCUT2D eigenvalue weighted by Crippen LogP contribution is -2.10. The van der Waals surface area contributed by atoms with Crippen molar-refractivity contribution in [1.82, 2.24) is 0 Å². The summed E-state index contributed by atoms with van der Waals surface area (Å²) in [5, 5.41) is 0. The third kappa shape index (κ3) is 3.97. The van der Waals surface area contributed by atoms with E-state index >= 15 is 0 Å². The highest BCUT2D eigenvalue weighted by Gasteiger charge is 2.15. The summed E-state index contributed by atoms with van der Waals surface area (Å²) >= 11 is 0. The number of hydrogen-bond acceptors (Lipinski definition) is 4. The van der Waals surface area contributed by atoms with Crippen molar-refractivity contribution in [3.05, 3.63) is 53.8 Å². The molecule has 4 nitrogen and oxygen atoms in total. The summed E-state index contributed by atoms with van der Waals surface area (Å²) in [4.78, 5) is 12.1. The summed E-state index contributed by atoms with van der Waals surface area (Å²) < 4.78 is 29.0. The van der Waals surface area contributed by atoms with E-state index < -0.39 is 11.8 Å². The van der Waals surface area contributed by atoms with Crippen molar-refractivity contribution in [2.45, 2.75) is 13.3 Å². The molecule has 0 unspecified atom stereocenters. The molecule has 0 atom stereocenters. The van der Waals surface area contributed by atoms with E-state index in [0.29, 0.717) is 18.1 Å². The first-order valence-corrected chi connectivity index (χ1v) is 6.92. The monoisotopic (exact) mass is 304 g/mol. The maximum atomic E-state index is 13.3. The molecule has 116 valence electrons. The summed E-state index contributed by atoms with van der Waals surface area (Å²) in [6.07, 6.45) is 0.913. The van der Waals surface area contributed by atoms with E-state index in [1.54, 1.807) is 24.3 Å². The second-order valence-corrected chi connectivity index (χ2v) is 4.55. The molecular formula is C17H17FO4. The molecule has 0 amide bonds. The van der Waals surface area contributed by atoms with Gasteiger partial charge in [-0.2, -0.15) is 0 Å². The molecule has 2 aromatic carbocycles. The first kappa shape index (κ1) is 15.8. The number of carbonyl (C=O) groups is 1. The Labute approximate surface area is 128 Å². The summed E-state index contributed by atoms with van der Waals surface area (Å²) in [5.41, 5.74) is 0.0359. The first-order chi connectivity index (χ1) is 10.6. The molecule has 22 heavy (non-hydrogen) atoms. The Bertz CT molecular complexity index is 638.